The van der Waals surface area contributed by atoms with Crippen LogP contribution in [-0.4, -0.2) is 22.8 Å². The zero-order chi connectivity index (χ0) is 16.2. The molecule has 1 aliphatic rings. The molecular weight excluding hydrogens is 288 g/mol. The summed E-state index contributed by atoms with van der Waals surface area (Å²) in [6.45, 7) is -0.778. The summed E-state index contributed by atoms with van der Waals surface area (Å²) in [7, 11) is 0. The molecule has 0 spiro atoms. The van der Waals surface area contributed by atoms with Crippen LogP contribution in [0.1, 0.15) is 24.0 Å². The molecule has 0 aliphatic heterocycles. The Morgan fingerprint density at radius 3 is 2.35 bits per heavy atom. The van der Waals surface area contributed by atoms with E-state index in [9.17, 15) is 0 Å². The van der Waals surface area contributed by atoms with Crippen molar-refractivity contribution in [3.05, 3.63) is 59.7 Å². The fraction of sp³-hybridized carbons (Fsp3) is 0.250. The highest BCUT2D eigenvalue weighted by Gasteiger charge is 2.13. The monoisotopic (exact) mass is 308 g/mol. The zero-order valence-electron chi connectivity index (χ0n) is 13.0. The topological polar surface area (TPSA) is 57.5 Å². The van der Waals surface area contributed by atoms with E-state index in [2.05, 4.69) is 48.5 Å². The van der Waals surface area contributed by atoms with E-state index in [1.807, 2.05) is 0 Å². The molecule has 3 heteroatoms. The Balaban J connectivity index is 0.000000276. The average molecular weight is 308 g/mol. The first-order valence-corrected chi connectivity index (χ1v) is 7.95. The van der Waals surface area contributed by atoms with Gasteiger partial charge in [0.25, 0.3) is 0 Å². The van der Waals surface area contributed by atoms with Gasteiger partial charge in [0.1, 0.15) is 6.61 Å². The van der Waals surface area contributed by atoms with Crippen molar-refractivity contribution in [2.24, 2.45) is 0 Å². The fourth-order valence-electron chi connectivity index (χ4n) is 3.34. The summed E-state index contributed by atoms with van der Waals surface area (Å²) in [6, 6.07) is 18.0. The third-order valence-electron chi connectivity index (χ3n) is 4.39. The summed E-state index contributed by atoms with van der Waals surface area (Å²) in [6.07, 6.45) is 5.22. The highest BCUT2D eigenvalue weighted by molar-refractivity contribution is 6.08. The molecule has 0 fully saturated rings. The van der Waals surface area contributed by atoms with Crippen LogP contribution in [0.25, 0.3) is 21.5 Å². The summed E-state index contributed by atoms with van der Waals surface area (Å²) >= 11 is 0. The number of aliphatic hydroxyl groups excluding tert-OH is 1. The lowest BCUT2D eigenvalue weighted by molar-refractivity contribution is -0.140. The van der Waals surface area contributed by atoms with E-state index in [0.29, 0.717) is 0 Å². The molecule has 2 N–H and O–H groups in total. The van der Waals surface area contributed by atoms with Gasteiger partial charge < -0.3 is 10.2 Å². The van der Waals surface area contributed by atoms with E-state index in [1.165, 1.54) is 47.2 Å². The smallest absolute Gasteiger partial charge is 0.329 e. The van der Waals surface area contributed by atoms with Crippen molar-refractivity contribution in [3.63, 3.8) is 0 Å². The molecule has 118 valence electrons. The van der Waals surface area contributed by atoms with E-state index >= 15 is 0 Å². The SMILES string of the molecule is O=C(O)CO.c1ccc2c(c1)ccc1c3c(ccc12)CCCC3. The molecular formula is C20H20O3. The van der Waals surface area contributed by atoms with Gasteiger partial charge in [0, 0.05) is 0 Å². The molecule has 3 aromatic carbocycles. The van der Waals surface area contributed by atoms with Crippen LogP contribution >= 0.6 is 0 Å². The van der Waals surface area contributed by atoms with Gasteiger partial charge in [0.2, 0.25) is 0 Å². The van der Waals surface area contributed by atoms with Crippen molar-refractivity contribution in [2.75, 3.05) is 6.61 Å². The number of hydrogen-bond donors (Lipinski definition) is 2. The molecule has 0 atom stereocenters. The van der Waals surface area contributed by atoms with E-state index in [1.54, 1.807) is 11.1 Å². The number of carboxylic acid groups (broad SMARTS) is 1. The number of carboxylic acids is 1. The van der Waals surface area contributed by atoms with Crippen LogP contribution in [0.5, 0.6) is 0 Å². The summed E-state index contributed by atoms with van der Waals surface area (Å²) < 4.78 is 0. The summed E-state index contributed by atoms with van der Waals surface area (Å²) in [5.74, 6) is -1.19. The van der Waals surface area contributed by atoms with Crippen LogP contribution in [0, 0.1) is 0 Å². The molecule has 0 aromatic heterocycles. The Kier molecular flexibility index (Phi) is 4.58. The molecule has 0 bridgehead atoms. The zero-order valence-corrected chi connectivity index (χ0v) is 13.0. The first-order chi connectivity index (χ1) is 11.2. The normalized spacial score (nSPS) is 13.3. The van der Waals surface area contributed by atoms with Crippen molar-refractivity contribution in [1.82, 2.24) is 0 Å². The number of carbonyl (C=O) groups is 1. The predicted octanol–water partition coefficient (Wildman–Crippen LogP) is 3.94. The van der Waals surface area contributed by atoms with Gasteiger partial charge in [-0.05, 0) is 58.4 Å². The van der Waals surface area contributed by atoms with Crippen molar-refractivity contribution < 1.29 is 15.0 Å². The van der Waals surface area contributed by atoms with Crippen LogP contribution in [0.15, 0.2) is 48.5 Å². The predicted molar refractivity (Wildman–Crippen MR) is 92.8 cm³/mol. The quantitative estimate of drug-likeness (QED) is 0.670. The van der Waals surface area contributed by atoms with Crippen molar-refractivity contribution >= 4 is 27.5 Å². The number of aryl methyl sites for hydroxylation is 2. The molecule has 0 saturated heterocycles. The lowest BCUT2D eigenvalue weighted by Gasteiger charge is -2.18. The molecule has 0 amide bonds. The van der Waals surface area contributed by atoms with Gasteiger partial charge in [0.05, 0.1) is 0 Å². The highest BCUT2D eigenvalue weighted by atomic mass is 16.4. The molecule has 1 aliphatic carbocycles. The number of rotatable bonds is 1. The largest absolute Gasteiger partial charge is 0.480 e. The molecule has 0 unspecified atom stereocenters. The van der Waals surface area contributed by atoms with E-state index in [-0.39, 0.29) is 0 Å². The van der Waals surface area contributed by atoms with Gasteiger partial charge in [-0.1, -0.05) is 48.5 Å². The van der Waals surface area contributed by atoms with Gasteiger partial charge in [-0.15, -0.1) is 0 Å². The maximum Gasteiger partial charge on any atom is 0.329 e. The summed E-state index contributed by atoms with van der Waals surface area (Å²) in [5, 5.41) is 20.7. The van der Waals surface area contributed by atoms with Gasteiger partial charge in [-0.2, -0.15) is 0 Å². The van der Waals surface area contributed by atoms with E-state index < -0.39 is 12.6 Å². The first-order valence-electron chi connectivity index (χ1n) is 7.95. The summed E-state index contributed by atoms with van der Waals surface area (Å²) in [5.41, 5.74) is 3.17. The maximum absolute atomic E-state index is 9.12. The van der Waals surface area contributed by atoms with Crippen LogP contribution in [-0.2, 0) is 17.6 Å². The first kappa shape index (κ1) is 15.5. The number of aliphatic carboxylic acids is 1. The second-order valence-electron chi connectivity index (χ2n) is 5.84. The minimum Gasteiger partial charge on any atom is -0.480 e. The van der Waals surface area contributed by atoms with Crippen LogP contribution in [0.2, 0.25) is 0 Å². The van der Waals surface area contributed by atoms with E-state index in [4.69, 9.17) is 15.0 Å². The minimum absolute atomic E-state index is 0.778. The highest BCUT2D eigenvalue weighted by Crippen LogP contribution is 2.33. The number of benzene rings is 3. The number of hydrogen-bond acceptors (Lipinski definition) is 2. The summed E-state index contributed by atoms with van der Waals surface area (Å²) in [4.78, 5) is 9.12. The molecule has 0 heterocycles. The van der Waals surface area contributed by atoms with Crippen molar-refractivity contribution in [1.29, 1.82) is 0 Å². The Labute approximate surface area is 135 Å². The lowest BCUT2D eigenvalue weighted by atomic mass is 9.86. The third kappa shape index (κ3) is 3.20. The van der Waals surface area contributed by atoms with Crippen LogP contribution < -0.4 is 0 Å². The Bertz CT molecular complexity index is 852. The second-order valence-corrected chi connectivity index (χ2v) is 5.84. The molecule has 3 aromatic rings. The Hall–Kier alpha value is -2.39. The maximum atomic E-state index is 9.12. The van der Waals surface area contributed by atoms with Crippen LogP contribution in [0.3, 0.4) is 0 Å². The van der Waals surface area contributed by atoms with Gasteiger partial charge in [-0.25, -0.2) is 4.79 Å². The van der Waals surface area contributed by atoms with Crippen molar-refractivity contribution in [3.8, 4) is 0 Å². The fourth-order valence-corrected chi connectivity index (χ4v) is 3.34. The Morgan fingerprint density at radius 1 is 0.870 bits per heavy atom. The van der Waals surface area contributed by atoms with Gasteiger partial charge in [0.15, 0.2) is 0 Å². The number of aliphatic hydroxyl groups is 1. The second kappa shape index (κ2) is 6.80. The molecule has 3 nitrogen and oxygen atoms in total. The van der Waals surface area contributed by atoms with Gasteiger partial charge >= 0.3 is 5.97 Å². The Morgan fingerprint density at radius 2 is 1.57 bits per heavy atom. The van der Waals surface area contributed by atoms with Crippen LogP contribution in [0.4, 0.5) is 0 Å². The number of fused-ring (bicyclic) bond motifs is 5. The van der Waals surface area contributed by atoms with Gasteiger partial charge in [-0.3, -0.25) is 0 Å². The van der Waals surface area contributed by atoms with Crippen molar-refractivity contribution in [2.45, 2.75) is 25.7 Å². The molecule has 0 radical (unpaired) electrons. The van der Waals surface area contributed by atoms with E-state index in [0.717, 1.165) is 0 Å². The molecule has 23 heavy (non-hydrogen) atoms. The molecule has 0 saturated carbocycles. The average Bonchev–Trinajstić information content (AvgIpc) is 2.61. The molecule has 4 rings (SSSR count). The minimum atomic E-state index is -1.19. The third-order valence-corrected chi connectivity index (χ3v) is 4.39. The standard InChI is InChI=1S/C18H16.C2H4O3/c1-3-7-15-13(5-1)9-11-18-16-8-4-2-6-14(16)10-12-17(15)18;3-1-2(4)5/h1,3,5,7,9-12H,2,4,6,8H2;3H,1H2,(H,4,5). The lowest BCUT2D eigenvalue weighted by Crippen LogP contribution is -2.02.